The Morgan fingerprint density at radius 1 is 1.59 bits per heavy atom. The van der Waals surface area contributed by atoms with E-state index in [1.165, 1.54) is 6.07 Å². The topological polar surface area (TPSA) is 34.1 Å². The van der Waals surface area contributed by atoms with E-state index in [-0.39, 0.29) is 23.4 Å². The Bertz CT molecular complexity index is 425. The molecule has 0 bridgehead atoms. The minimum absolute atomic E-state index is 0.00402. The van der Waals surface area contributed by atoms with E-state index in [1.54, 1.807) is 13.3 Å². The highest BCUT2D eigenvalue weighted by atomic mass is 79.9. The Hall–Kier alpha value is -0.680. The number of halogens is 2. The highest BCUT2D eigenvalue weighted by Gasteiger charge is 2.48. The average Bonchev–Trinajstić information content (AvgIpc) is 2.26. The first-order valence-electron chi connectivity index (χ1n) is 5.55. The van der Waals surface area contributed by atoms with Gasteiger partial charge in [0.15, 0.2) is 11.6 Å². The standard InChI is InChI=1S/C12H16BrFN2O/c1-12(2)9(5-10(12)17-3)16-11-8(14)4-7(13)6-15-11/h4,6,9-10H,5H2,1-3H3,(H,15,16). The van der Waals surface area contributed by atoms with Gasteiger partial charge in [0, 0.05) is 29.2 Å². The number of methoxy groups -OCH3 is 1. The molecule has 1 aromatic rings. The van der Waals surface area contributed by atoms with E-state index in [0.29, 0.717) is 10.3 Å². The number of ether oxygens (including phenoxy) is 1. The van der Waals surface area contributed by atoms with Crippen LogP contribution in [0.2, 0.25) is 0 Å². The highest BCUT2D eigenvalue weighted by molar-refractivity contribution is 9.10. The van der Waals surface area contributed by atoms with Crippen LogP contribution in [0.25, 0.3) is 0 Å². The number of hydrogen-bond acceptors (Lipinski definition) is 3. The summed E-state index contributed by atoms with van der Waals surface area (Å²) in [5.74, 6) is -0.0307. The third-order valence-electron chi connectivity index (χ3n) is 3.58. The molecule has 1 aliphatic rings. The van der Waals surface area contributed by atoms with Gasteiger partial charge in [-0.3, -0.25) is 0 Å². The fourth-order valence-corrected chi connectivity index (χ4v) is 2.52. The van der Waals surface area contributed by atoms with Gasteiger partial charge in [0.2, 0.25) is 0 Å². The van der Waals surface area contributed by atoms with Gasteiger partial charge in [-0.15, -0.1) is 0 Å². The van der Waals surface area contributed by atoms with Gasteiger partial charge < -0.3 is 10.1 Å². The van der Waals surface area contributed by atoms with E-state index in [2.05, 4.69) is 40.1 Å². The zero-order chi connectivity index (χ0) is 12.6. The quantitative estimate of drug-likeness (QED) is 0.931. The van der Waals surface area contributed by atoms with E-state index < -0.39 is 0 Å². The molecule has 2 unspecified atom stereocenters. The van der Waals surface area contributed by atoms with Crippen molar-refractivity contribution >= 4 is 21.7 Å². The molecule has 1 heterocycles. The predicted molar refractivity (Wildman–Crippen MR) is 68.5 cm³/mol. The number of pyridine rings is 1. The number of rotatable bonds is 3. The number of nitrogens with one attached hydrogen (secondary N) is 1. The van der Waals surface area contributed by atoms with E-state index in [1.807, 2.05) is 0 Å². The first-order chi connectivity index (χ1) is 7.95. The Labute approximate surface area is 109 Å². The van der Waals surface area contributed by atoms with Crippen molar-refractivity contribution in [3.8, 4) is 0 Å². The second-order valence-corrected chi connectivity index (χ2v) is 5.88. The van der Waals surface area contributed by atoms with E-state index >= 15 is 0 Å². The van der Waals surface area contributed by atoms with Crippen LogP contribution in [0.4, 0.5) is 10.2 Å². The van der Waals surface area contributed by atoms with Crippen molar-refractivity contribution in [1.82, 2.24) is 4.98 Å². The van der Waals surface area contributed by atoms with Gasteiger partial charge in [0.05, 0.1) is 6.10 Å². The lowest BCUT2D eigenvalue weighted by atomic mass is 9.64. The Morgan fingerprint density at radius 3 is 2.82 bits per heavy atom. The molecule has 0 aromatic carbocycles. The predicted octanol–water partition coefficient (Wildman–Crippen LogP) is 3.21. The largest absolute Gasteiger partial charge is 0.381 e. The van der Waals surface area contributed by atoms with Crippen LogP contribution < -0.4 is 5.32 Å². The second kappa shape index (κ2) is 4.53. The van der Waals surface area contributed by atoms with Crippen molar-refractivity contribution in [3.05, 3.63) is 22.6 Å². The summed E-state index contributed by atoms with van der Waals surface area (Å²) >= 11 is 3.19. The third-order valence-corrected chi connectivity index (χ3v) is 4.01. The summed E-state index contributed by atoms with van der Waals surface area (Å²) in [4.78, 5) is 4.04. The molecule has 17 heavy (non-hydrogen) atoms. The van der Waals surface area contributed by atoms with E-state index in [0.717, 1.165) is 6.42 Å². The Balaban J connectivity index is 2.08. The summed E-state index contributed by atoms with van der Waals surface area (Å²) in [5.41, 5.74) is -0.00402. The molecule has 3 nitrogen and oxygen atoms in total. The van der Waals surface area contributed by atoms with Crippen molar-refractivity contribution in [3.63, 3.8) is 0 Å². The molecule has 0 saturated heterocycles. The Morgan fingerprint density at radius 2 is 2.29 bits per heavy atom. The molecule has 0 aliphatic heterocycles. The first kappa shape index (κ1) is 12.8. The molecule has 94 valence electrons. The fraction of sp³-hybridized carbons (Fsp3) is 0.583. The van der Waals surface area contributed by atoms with Crippen LogP contribution in [0.5, 0.6) is 0 Å². The summed E-state index contributed by atoms with van der Waals surface area (Å²) in [5, 5.41) is 3.14. The van der Waals surface area contributed by atoms with Crippen molar-refractivity contribution < 1.29 is 9.13 Å². The number of hydrogen-bond donors (Lipinski definition) is 1. The van der Waals surface area contributed by atoms with Crippen molar-refractivity contribution in [2.24, 2.45) is 5.41 Å². The monoisotopic (exact) mass is 302 g/mol. The maximum atomic E-state index is 13.6. The van der Waals surface area contributed by atoms with Crippen molar-refractivity contribution in [2.75, 3.05) is 12.4 Å². The summed E-state index contributed by atoms with van der Waals surface area (Å²) in [6, 6.07) is 1.60. The van der Waals surface area contributed by atoms with Crippen LogP contribution >= 0.6 is 15.9 Å². The molecule has 1 aliphatic carbocycles. The zero-order valence-corrected chi connectivity index (χ0v) is 11.7. The van der Waals surface area contributed by atoms with Crippen LogP contribution in [0.15, 0.2) is 16.7 Å². The third kappa shape index (κ3) is 2.31. The van der Waals surface area contributed by atoms with Gasteiger partial charge >= 0.3 is 0 Å². The number of aromatic nitrogens is 1. The molecule has 0 amide bonds. The molecule has 1 fully saturated rings. The average molecular weight is 303 g/mol. The SMILES string of the molecule is COC1CC(Nc2ncc(Br)cc2F)C1(C)C. The normalized spacial score (nSPS) is 26.4. The molecule has 0 radical (unpaired) electrons. The van der Waals surface area contributed by atoms with Crippen LogP contribution in [-0.4, -0.2) is 24.2 Å². The molecule has 2 rings (SSSR count). The maximum Gasteiger partial charge on any atom is 0.166 e. The maximum absolute atomic E-state index is 13.6. The van der Waals surface area contributed by atoms with E-state index in [9.17, 15) is 4.39 Å². The van der Waals surface area contributed by atoms with Gasteiger partial charge in [-0.05, 0) is 28.4 Å². The highest BCUT2D eigenvalue weighted by Crippen LogP contribution is 2.44. The van der Waals surface area contributed by atoms with Crippen molar-refractivity contribution in [2.45, 2.75) is 32.4 Å². The molecule has 5 heteroatoms. The fourth-order valence-electron chi connectivity index (χ4n) is 2.22. The minimum atomic E-state index is -0.337. The summed E-state index contributed by atoms with van der Waals surface area (Å²) in [6.45, 7) is 4.22. The zero-order valence-electron chi connectivity index (χ0n) is 10.1. The lowest BCUT2D eigenvalue weighted by Gasteiger charge is -2.51. The van der Waals surface area contributed by atoms with Crippen LogP contribution in [0, 0.1) is 11.2 Å². The molecule has 1 N–H and O–H groups in total. The van der Waals surface area contributed by atoms with Gasteiger partial charge in [-0.2, -0.15) is 0 Å². The molecular weight excluding hydrogens is 287 g/mol. The van der Waals surface area contributed by atoms with E-state index in [4.69, 9.17) is 4.74 Å². The minimum Gasteiger partial charge on any atom is -0.381 e. The molecule has 1 aromatic heterocycles. The summed E-state index contributed by atoms with van der Waals surface area (Å²) in [6.07, 6.45) is 2.68. The molecule has 1 saturated carbocycles. The molecule has 2 atom stereocenters. The van der Waals surface area contributed by atoms with Gasteiger partial charge in [0.1, 0.15) is 0 Å². The van der Waals surface area contributed by atoms with Gasteiger partial charge in [-0.25, -0.2) is 9.37 Å². The summed E-state index contributed by atoms with van der Waals surface area (Å²) < 4.78 is 19.6. The number of nitrogens with zero attached hydrogens (tertiary/aromatic N) is 1. The Kier molecular flexibility index (Phi) is 3.41. The lowest BCUT2D eigenvalue weighted by molar-refractivity contribution is -0.0796. The van der Waals surface area contributed by atoms with Gasteiger partial charge in [-0.1, -0.05) is 13.8 Å². The number of anilines is 1. The second-order valence-electron chi connectivity index (χ2n) is 4.96. The van der Waals surface area contributed by atoms with Crippen LogP contribution in [0.3, 0.4) is 0 Å². The summed E-state index contributed by atoms with van der Waals surface area (Å²) in [7, 11) is 1.71. The van der Waals surface area contributed by atoms with Crippen LogP contribution in [0.1, 0.15) is 20.3 Å². The van der Waals surface area contributed by atoms with Crippen LogP contribution in [-0.2, 0) is 4.74 Å². The van der Waals surface area contributed by atoms with Gasteiger partial charge in [0.25, 0.3) is 0 Å². The first-order valence-corrected chi connectivity index (χ1v) is 6.35. The molecular formula is C12H16BrFN2O. The smallest absolute Gasteiger partial charge is 0.166 e. The van der Waals surface area contributed by atoms with Crippen molar-refractivity contribution in [1.29, 1.82) is 0 Å². The molecule has 0 spiro atoms. The lowest BCUT2D eigenvalue weighted by Crippen LogP contribution is -2.57.